The number of hydrogen-bond donors (Lipinski definition) is 0. The van der Waals surface area contributed by atoms with Gasteiger partial charge < -0.3 is 0 Å². The largest absolute Gasteiger partial charge is 0.279 e. The number of nitrogens with zero attached hydrogens (tertiary/aromatic N) is 2. The zero-order valence-electron chi connectivity index (χ0n) is 15.8. The van der Waals surface area contributed by atoms with E-state index < -0.39 is 26.2 Å². The molecule has 0 saturated carbocycles. The number of rotatable bonds is 8. The smallest absolute Gasteiger partial charge is 0.270 e. The van der Waals surface area contributed by atoms with E-state index in [0.29, 0.717) is 18.5 Å². The Bertz CT molecular complexity index is 985. The molecule has 0 saturated heterocycles. The van der Waals surface area contributed by atoms with Gasteiger partial charge in [-0.1, -0.05) is 38.1 Å². The van der Waals surface area contributed by atoms with Gasteiger partial charge in [0.25, 0.3) is 15.7 Å². The molecule has 2 rings (SSSR count). The third-order valence-corrected chi connectivity index (χ3v) is 6.63. The van der Waals surface area contributed by atoms with E-state index >= 15 is 0 Å². The summed E-state index contributed by atoms with van der Waals surface area (Å²) < 4.78 is 27.9. The molecule has 0 spiro atoms. The van der Waals surface area contributed by atoms with Crippen LogP contribution in [0.2, 0.25) is 0 Å². The number of sulfonamides is 1. The Balaban J connectivity index is 2.81. The Labute approximate surface area is 169 Å². The molecule has 0 aromatic heterocycles. The maximum Gasteiger partial charge on any atom is 0.270 e. The predicted molar refractivity (Wildman–Crippen MR) is 108 cm³/mol. The minimum absolute atomic E-state index is 0.278. The highest BCUT2D eigenvalue weighted by Crippen LogP contribution is 2.34. The van der Waals surface area contributed by atoms with Crippen LogP contribution in [0.3, 0.4) is 0 Å². The normalized spacial score (nSPS) is 12.4. The van der Waals surface area contributed by atoms with E-state index in [1.54, 1.807) is 12.1 Å². The fourth-order valence-electron chi connectivity index (χ4n) is 2.98. The molecule has 0 aliphatic rings. The second-order valence-corrected chi connectivity index (χ2v) is 8.35. The summed E-state index contributed by atoms with van der Waals surface area (Å²) in [6, 6.07) is 8.95. The van der Waals surface area contributed by atoms with E-state index in [1.165, 1.54) is 25.1 Å². The Morgan fingerprint density at radius 2 is 1.68 bits per heavy atom. The number of carbonyl (C=O) groups excluding carboxylic acids is 1. The molecule has 150 valence electrons. The summed E-state index contributed by atoms with van der Waals surface area (Å²) in [5.41, 5.74) is 1.50. The Morgan fingerprint density at radius 3 is 2.14 bits per heavy atom. The van der Waals surface area contributed by atoms with Crippen molar-refractivity contribution in [3.63, 3.8) is 0 Å². The lowest BCUT2D eigenvalue weighted by atomic mass is 10.0. The lowest BCUT2D eigenvalue weighted by Gasteiger charge is -2.31. The van der Waals surface area contributed by atoms with Crippen molar-refractivity contribution in [2.45, 2.75) is 44.6 Å². The molecule has 0 N–H and O–H groups in total. The number of para-hydroxylation sites is 1. The second kappa shape index (κ2) is 8.70. The molecule has 1 unspecified atom stereocenters. The maximum atomic E-state index is 13.5. The van der Waals surface area contributed by atoms with Gasteiger partial charge >= 0.3 is 0 Å². The summed E-state index contributed by atoms with van der Waals surface area (Å²) in [5.74, 6) is 0. The highest BCUT2D eigenvalue weighted by molar-refractivity contribution is 7.93. The van der Waals surface area contributed by atoms with Crippen molar-refractivity contribution in [3.05, 3.63) is 63.7 Å². The van der Waals surface area contributed by atoms with Crippen LogP contribution in [0.15, 0.2) is 47.4 Å². The van der Waals surface area contributed by atoms with E-state index in [1.807, 2.05) is 19.9 Å². The summed E-state index contributed by atoms with van der Waals surface area (Å²) in [6.07, 6.45) is 1.07. The van der Waals surface area contributed by atoms with Gasteiger partial charge in [-0.3, -0.25) is 19.2 Å². The van der Waals surface area contributed by atoms with E-state index in [0.717, 1.165) is 21.5 Å². The first-order chi connectivity index (χ1) is 13.1. The Morgan fingerprint density at radius 1 is 1.14 bits per heavy atom. The molecule has 0 fully saturated rings. The van der Waals surface area contributed by atoms with Crippen molar-refractivity contribution in [2.75, 3.05) is 4.31 Å². The third kappa shape index (κ3) is 4.18. The summed E-state index contributed by atoms with van der Waals surface area (Å²) in [5, 5.41) is 10.2. The molecule has 9 heteroatoms. The highest BCUT2D eigenvalue weighted by atomic mass is 35.5. The van der Waals surface area contributed by atoms with E-state index in [-0.39, 0.29) is 10.6 Å². The van der Waals surface area contributed by atoms with Gasteiger partial charge in [0.1, 0.15) is 6.04 Å². The molecule has 28 heavy (non-hydrogen) atoms. The minimum atomic E-state index is -4.30. The molecule has 0 amide bonds. The average molecular weight is 425 g/mol. The van der Waals surface area contributed by atoms with Crippen LogP contribution in [-0.4, -0.2) is 24.6 Å². The SMILES string of the molecule is CCc1cccc(CC)c1N(C(C)C(=O)Cl)S(=O)(=O)c1cccc([N+](=O)[O-])c1. The van der Waals surface area contributed by atoms with E-state index in [9.17, 15) is 23.3 Å². The molecular formula is C19H21ClN2O5S. The van der Waals surface area contributed by atoms with Gasteiger partial charge in [0, 0.05) is 12.1 Å². The van der Waals surface area contributed by atoms with Crippen LogP contribution >= 0.6 is 11.6 Å². The fraction of sp³-hybridized carbons (Fsp3) is 0.316. The molecule has 0 aliphatic heterocycles. The quantitative estimate of drug-likeness (QED) is 0.361. The average Bonchev–Trinajstić information content (AvgIpc) is 2.67. The number of aryl methyl sites for hydroxylation is 2. The number of benzene rings is 2. The van der Waals surface area contributed by atoms with Gasteiger partial charge in [0.2, 0.25) is 5.24 Å². The van der Waals surface area contributed by atoms with Gasteiger partial charge in [-0.15, -0.1) is 0 Å². The lowest BCUT2D eigenvalue weighted by molar-refractivity contribution is -0.385. The third-order valence-electron chi connectivity index (χ3n) is 4.45. The van der Waals surface area contributed by atoms with Crippen molar-refractivity contribution >= 4 is 38.2 Å². The van der Waals surface area contributed by atoms with Crippen molar-refractivity contribution in [3.8, 4) is 0 Å². The Hall–Kier alpha value is -2.45. The van der Waals surface area contributed by atoms with Gasteiger partial charge in [-0.05, 0) is 48.6 Å². The Kier molecular flexibility index (Phi) is 6.79. The van der Waals surface area contributed by atoms with Crippen LogP contribution in [0.5, 0.6) is 0 Å². The van der Waals surface area contributed by atoms with Crippen LogP contribution in [0.25, 0.3) is 0 Å². The van der Waals surface area contributed by atoms with Crippen LogP contribution < -0.4 is 4.31 Å². The summed E-state index contributed by atoms with van der Waals surface area (Å²) in [7, 11) is -4.30. The molecule has 2 aromatic rings. The van der Waals surface area contributed by atoms with Crippen LogP contribution in [-0.2, 0) is 27.7 Å². The molecule has 0 heterocycles. The van der Waals surface area contributed by atoms with Crippen LogP contribution in [0, 0.1) is 10.1 Å². The van der Waals surface area contributed by atoms with Crippen molar-refractivity contribution in [1.82, 2.24) is 0 Å². The van der Waals surface area contributed by atoms with Crippen LogP contribution in [0.4, 0.5) is 11.4 Å². The second-order valence-electron chi connectivity index (χ2n) is 6.17. The maximum absolute atomic E-state index is 13.5. The summed E-state index contributed by atoms with van der Waals surface area (Å²) in [4.78, 5) is 22.1. The number of hydrogen-bond acceptors (Lipinski definition) is 5. The first kappa shape index (κ1) is 21.8. The van der Waals surface area contributed by atoms with E-state index in [2.05, 4.69) is 0 Å². The lowest BCUT2D eigenvalue weighted by Crippen LogP contribution is -2.43. The van der Waals surface area contributed by atoms with Gasteiger partial charge in [0.05, 0.1) is 15.5 Å². The van der Waals surface area contributed by atoms with Gasteiger partial charge in [0.15, 0.2) is 0 Å². The number of halogens is 1. The zero-order valence-corrected chi connectivity index (χ0v) is 17.3. The summed E-state index contributed by atoms with van der Waals surface area (Å²) in [6.45, 7) is 5.16. The standard InChI is InChI=1S/C19H21ClN2O5S/c1-4-14-8-6-9-15(5-2)18(14)21(13(3)19(20)23)28(26,27)17-11-7-10-16(12-17)22(24)25/h6-13H,4-5H2,1-3H3. The van der Waals surface area contributed by atoms with E-state index in [4.69, 9.17) is 11.6 Å². The number of nitro benzene ring substituents is 1. The highest BCUT2D eigenvalue weighted by Gasteiger charge is 2.35. The topological polar surface area (TPSA) is 97.6 Å². The first-order valence-corrected chi connectivity index (χ1v) is 10.6. The van der Waals surface area contributed by atoms with Crippen LogP contribution in [0.1, 0.15) is 31.9 Å². The predicted octanol–water partition coefficient (Wildman–Crippen LogP) is 4.07. The van der Waals surface area contributed by atoms with Crippen molar-refractivity contribution in [2.24, 2.45) is 0 Å². The molecule has 2 aromatic carbocycles. The molecule has 7 nitrogen and oxygen atoms in total. The van der Waals surface area contributed by atoms with Gasteiger partial charge in [-0.25, -0.2) is 8.42 Å². The van der Waals surface area contributed by atoms with Gasteiger partial charge in [-0.2, -0.15) is 0 Å². The number of nitro groups is 1. The number of non-ortho nitro benzene ring substituents is 1. The van der Waals surface area contributed by atoms with Crippen molar-refractivity contribution in [1.29, 1.82) is 0 Å². The molecular weight excluding hydrogens is 404 g/mol. The zero-order chi connectivity index (χ0) is 21.1. The van der Waals surface area contributed by atoms with Crippen molar-refractivity contribution < 1.29 is 18.1 Å². The fourth-order valence-corrected chi connectivity index (χ4v) is 4.87. The number of carbonyl (C=O) groups is 1. The minimum Gasteiger partial charge on any atom is -0.279 e. The monoisotopic (exact) mass is 424 g/mol. The molecule has 0 radical (unpaired) electrons. The first-order valence-electron chi connectivity index (χ1n) is 8.74. The molecule has 0 bridgehead atoms. The molecule has 0 aliphatic carbocycles. The number of anilines is 1. The summed E-state index contributed by atoms with van der Waals surface area (Å²) >= 11 is 5.69. The molecule has 1 atom stereocenters.